The number of nitrogens with zero attached hydrogens (tertiary/aromatic N) is 1. The summed E-state index contributed by atoms with van der Waals surface area (Å²) in [5.41, 5.74) is -0.173. The molecule has 7 nitrogen and oxygen atoms in total. The van der Waals surface area contributed by atoms with Crippen molar-refractivity contribution in [3.05, 3.63) is 64.7 Å². The first kappa shape index (κ1) is 18.5. The summed E-state index contributed by atoms with van der Waals surface area (Å²) < 4.78 is 5.06. The quantitative estimate of drug-likeness (QED) is 0.352. The molecule has 2 aromatic carbocycles. The average molecular weight is 360 g/mol. The molecule has 0 heterocycles. The van der Waals surface area contributed by atoms with Gasteiger partial charge in [0.25, 0.3) is 11.6 Å². The lowest BCUT2D eigenvalue weighted by molar-refractivity contribution is -0.383. The molecule has 1 atom stereocenters. The lowest BCUT2D eigenvalue weighted by Gasteiger charge is -2.13. The number of carbonyl (C=O) groups is 2. The summed E-state index contributed by atoms with van der Waals surface area (Å²) in [4.78, 5) is 35.2. The zero-order valence-corrected chi connectivity index (χ0v) is 14.2. The lowest BCUT2D eigenvalue weighted by atomic mass is 10.2. The number of nitrogens with one attached hydrogen (secondary N) is 1. The number of amides is 1. The van der Waals surface area contributed by atoms with Crippen LogP contribution in [0, 0.1) is 10.1 Å². The highest BCUT2D eigenvalue weighted by Gasteiger charge is 2.21. The number of para-hydroxylation sites is 2. The molecule has 0 unspecified atom stereocenters. The van der Waals surface area contributed by atoms with E-state index in [1.54, 1.807) is 6.07 Å². The highest BCUT2D eigenvalue weighted by atomic mass is 32.2. The SMILES string of the molecule is C[C@@H](OC(=O)CSc1ccccc1)C(=O)Nc1ccccc1[N+](=O)[O-]. The van der Waals surface area contributed by atoms with Crippen LogP contribution in [0.2, 0.25) is 0 Å². The van der Waals surface area contributed by atoms with Crippen molar-refractivity contribution in [2.24, 2.45) is 0 Å². The molecule has 130 valence electrons. The zero-order chi connectivity index (χ0) is 18.2. The Balaban J connectivity index is 1.88. The summed E-state index contributed by atoms with van der Waals surface area (Å²) in [5.74, 6) is -1.11. The van der Waals surface area contributed by atoms with E-state index < -0.39 is 22.9 Å². The number of benzene rings is 2. The van der Waals surface area contributed by atoms with Gasteiger partial charge in [-0.05, 0) is 25.1 Å². The second-order valence-electron chi connectivity index (χ2n) is 5.00. The number of carbonyl (C=O) groups excluding carboxylic acids is 2. The van der Waals surface area contributed by atoms with Crippen LogP contribution in [0.4, 0.5) is 11.4 Å². The molecule has 1 N–H and O–H groups in total. The minimum Gasteiger partial charge on any atom is -0.452 e. The number of nitro groups is 1. The van der Waals surface area contributed by atoms with E-state index in [0.29, 0.717) is 0 Å². The number of rotatable bonds is 7. The van der Waals surface area contributed by atoms with Gasteiger partial charge in [0.2, 0.25) is 0 Å². The molecule has 0 aliphatic rings. The molecule has 2 aromatic rings. The number of ether oxygens (including phenoxy) is 1. The number of nitro benzene ring substituents is 1. The van der Waals surface area contributed by atoms with E-state index >= 15 is 0 Å². The molecule has 8 heteroatoms. The molecule has 0 spiro atoms. The Labute approximate surface area is 148 Å². The van der Waals surface area contributed by atoms with Crippen LogP contribution in [0.25, 0.3) is 0 Å². The molecule has 1 amide bonds. The largest absolute Gasteiger partial charge is 0.452 e. The van der Waals surface area contributed by atoms with Gasteiger partial charge in [-0.1, -0.05) is 30.3 Å². The van der Waals surface area contributed by atoms with Crippen molar-refractivity contribution in [1.82, 2.24) is 0 Å². The summed E-state index contributed by atoms with van der Waals surface area (Å²) in [6.45, 7) is 1.41. The van der Waals surface area contributed by atoms with Crippen LogP contribution in [-0.4, -0.2) is 28.7 Å². The monoisotopic (exact) mass is 360 g/mol. The van der Waals surface area contributed by atoms with Gasteiger partial charge in [-0.15, -0.1) is 11.8 Å². The topological polar surface area (TPSA) is 98.5 Å². The predicted molar refractivity (Wildman–Crippen MR) is 94.4 cm³/mol. The zero-order valence-electron chi connectivity index (χ0n) is 13.4. The molecule has 0 aliphatic carbocycles. The lowest BCUT2D eigenvalue weighted by Crippen LogP contribution is -2.30. The van der Waals surface area contributed by atoms with E-state index in [9.17, 15) is 19.7 Å². The molecule has 0 aromatic heterocycles. The van der Waals surface area contributed by atoms with Gasteiger partial charge >= 0.3 is 5.97 Å². The smallest absolute Gasteiger partial charge is 0.317 e. The first-order valence-electron chi connectivity index (χ1n) is 7.39. The molecular formula is C17H16N2O5S. The van der Waals surface area contributed by atoms with Crippen LogP contribution in [0.15, 0.2) is 59.5 Å². The van der Waals surface area contributed by atoms with E-state index in [-0.39, 0.29) is 17.1 Å². The van der Waals surface area contributed by atoms with E-state index in [1.807, 2.05) is 30.3 Å². The summed E-state index contributed by atoms with van der Waals surface area (Å²) in [6, 6.07) is 15.1. The standard InChI is InChI=1S/C17H16N2O5S/c1-12(24-16(20)11-25-13-7-3-2-4-8-13)17(21)18-14-9-5-6-10-15(14)19(22)23/h2-10,12H,11H2,1H3,(H,18,21)/t12-/m1/s1. The molecule has 2 rings (SSSR count). The van der Waals surface area contributed by atoms with E-state index in [2.05, 4.69) is 5.32 Å². The van der Waals surface area contributed by atoms with Gasteiger partial charge in [0, 0.05) is 11.0 Å². The summed E-state index contributed by atoms with van der Waals surface area (Å²) in [5, 5.41) is 13.3. The molecule has 0 bridgehead atoms. The van der Waals surface area contributed by atoms with Crippen LogP contribution in [0.5, 0.6) is 0 Å². The van der Waals surface area contributed by atoms with Crippen molar-refractivity contribution in [2.75, 3.05) is 11.1 Å². The molecule has 0 saturated heterocycles. The second-order valence-corrected chi connectivity index (χ2v) is 6.05. The van der Waals surface area contributed by atoms with Crippen molar-refractivity contribution < 1.29 is 19.2 Å². The Hall–Kier alpha value is -2.87. The van der Waals surface area contributed by atoms with Gasteiger partial charge < -0.3 is 10.1 Å². The van der Waals surface area contributed by atoms with Crippen molar-refractivity contribution in [1.29, 1.82) is 0 Å². The number of esters is 1. The van der Waals surface area contributed by atoms with E-state index in [4.69, 9.17) is 4.74 Å². The van der Waals surface area contributed by atoms with Crippen LogP contribution >= 0.6 is 11.8 Å². The molecular weight excluding hydrogens is 344 g/mol. The highest BCUT2D eigenvalue weighted by molar-refractivity contribution is 8.00. The van der Waals surface area contributed by atoms with E-state index in [0.717, 1.165) is 4.90 Å². The predicted octanol–water partition coefficient (Wildman–Crippen LogP) is 3.26. The molecule has 0 radical (unpaired) electrons. The maximum Gasteiger partial charge on any atom is 0.317 e. The summed E-state index contributed by atoms with van der Waals surface area (Å²) in [6.07, 6.45) is -1.07. The van der Waals surface area contributed by atoms with Crippen LogP contribution < -0.4 is 5.32 Å². The molecule has 25 heavy (non-hydrogen) atoms. The third kappa shape index (κ3) is 5.61. The third-order valence-electron chi connectivity index (χ3n) is 3.14. The van der Waals surface area contributed by atoms with Gasteiger partial charge in [0.1, 0.15) is 5.69 Å². The average Bonchev–Trinajstić information content (AvgIpc) is 2.61. The van der Waals surface area contributed by atoms with Gasteiger partial charge in [0.15, 0.2) is 6.10 Å². The van der Waals surface area contributed by atoms with E-state index in [1.165, 1.54) is 36.9 Å². The fourth-order valence-electron chi connectivity index (χ4n) is 1.92. The third-order valence-corrected chi connectivity index (χ3v) is 4.12. The minimum atomic E-state index is -1.07. The molecule has 0 fully saturated rings. The highest BCUT2D eigenvalue weighted by Crippen LogP contribution is 2.23. The number of hydrogen-bond donors (Lipinski definition) is 1. The van der Waals surface area contributed by atoms with Gasteiger partial charge in [-0.25, -0.2) is 0 Å². The maximum absolute atomic E-state index is 12.1. The van der Waals surface area contributed by atoms with Crippen molar-refractivity contribution in [3.63, 3.8) is 0 Å². The Morgan fingerprint density at radius 2 is 1.80 bits per heavy atom. The normalized spacial score (nSPS) is 11.4. The van der Waals surface area contributed by atoms with Crippen molar-refractivity contribution in [2.45, 2.75) is 17.9 Å². The molecule has 0 aliphatic heterocycles. The first-order valence-corrected chi connectivity index (χ1v) is 8.37. The number of thioether (sulfide) groups is 1. The number of hydrogen-bond acceptors (Lipinski definition) is 6. The van der Waals surface area contributed by atoms with Crippen molar-refractivity contribution >= 4 is 35.0 Å². The van der Waals surface area contributed by atoms with Crippen LogP contribution in [0.3, 0.4) is 0 Å². The first-order chi connectivity index (χ1) is 12.0. The Bertz CT molecular complexity index is 767. The second kappa shape index (κ2) is 8.84. The molecule has 0 saturated carbocycles. The van der Waals surface area contributed by atoms with Crippen LogP contribution in [-0.2, 0) is 14.3 Å². The Kier molecular flexibility index (Phi) is 6.53. The fraction of sp³-hybridized carbons (Fsp3) is 0.176. The van der Waals surface area contributed by atoms with Gasteiger partial charge in [-0.3, -0.25) is 19.7 Å². The van der Waals surface area contributed by atoms with Crippen LogP contribution in [0.1, 0.15) is 6.92 Å². The fourth-order valence-corrected chi connectivity index (χ4v) is 2.62. The Morgan fingerprint density at radius 3 is 2.48 bits per heavy atom. The van der Waals surface area contributed by atoms with Gasteiger partial charge in [0.05, 0.1) is 10.7 Å². The summed E-state index contributed by atoms with van der Waals surface area (Å²) >= 11 is 1.30. The van der Waals surface area contributed by atoms with Gasteiger partial charge in [-0.2, -0.15) is 0 Å². The Morgan fingerprint density at radius 1 is 1.16 bits per heavy atom. The maximum atomic E-state index is 12.1. The summed E-state index contributed by atoms with van der Waals surface area (Å²) in [7, 11) is 0. The van der Waals surface area contributed by atoms with Crippen molar-refractivity contribution in [3.8, 4) is 0 Å². The minimum absolute atomic E-state index is 0.0547. The number of anilines is 1.